The number of alkyl halides is 6. The third-order valence-corrected chi connectivity index (χ3v) is 2.74. The number of halogens is 6. The fourth-order valence-electron chi connectivity index (χ4n) is 1.83. The smallest absolute Gasteiger partial charge is 0.166 e. The van der Waals surface area contributed by atoms with Gasteiger partial charge in [-0.15, -0.1) is 0 Å². The van der Waals surface area contributed by atoms with Crippen molar-refractivity contribution >= 4 is 0 Å². The van der Waals surface area contributed by atoms with Gasteiger partial charge in [0.05, 0.1) is 11.1 Å². The van der Waals surface area contributed by atoms with E-state index in [0.717, 1.165) is 12.1 Å². The molecular weight excluding hydrogens is 270 g/mol. The zero-order valence-electron chi connectivity index (χ0n) is 9.39. The topological polar surface area (TPSA) is 0 Å². The van der Waals surface area contributed by atoms with Crippen molar-refractivity contribution in [2.45, 2.75) is 18.3 Å². The lowest BCUT2D eigenvalue weighted by Crippen LogP contribution is -2.12. The largest absolute Gasteiger partial charge is 0.416 e. The Bertz CT molecular complexity index is 489. The Hall–Kier alpha value is -1.72. The summed E-state index contributed by atoms with van der Waals surface area (Å²) in [6, 6.07) is 1.63. The number of benzene rings is 1. The van der Waals surface area contributed by atoms with E-state index >= 15 is 0 Å². The highest BCUT2D eigenvalue weighted by atomic mass is 19.4. The van der Waals surface area contributed by atoms with Gasteiger partial charge in [0, 0.05) is 5.92 Å². The fourth-order valence-corrected chi connectivity index (χ4v) is 1.83. The van der Waals surface area contributed by atoms with E-state index in [0.29, 0.717) is 0 Å². The van der Waals surface area contributed by atoms with Crippen LogP contribution < -0.4 is 0 Å². The molecule has 6 heteroatoms. The lowest BCUT2D eigenvalue weighted by Gasteiger charge is -2.15. The maximum absolute atomic E-state index is 12.6. The highest BCUT2D eigenvalue weighted by Gasteiger charge is 2.37. The zero-order valence-corrected chi connectivity index (χ0v) is 9.39. The normalized spacial score (nSPS) is 16.3. The molecule has 0 bridgehead atoms. The lowest BCUT2D eigenvalue weighted by atomic mass is 9.95. The van der Waals surface area contributed by atoms with Crippen molar-refractivity contribution in [1.82, 2.24) is 0 Å². The Morgan fingerprint density at radius 2 is 1.11 bits per heavy atom. The molecule has 0 unspecified atom stereocenters. The Morgan fingerprint density at radius 1 is 0.684 bits per heavy atom. The number of hydrogen-bond acceptors (Lipinski definition) is 0. The average molecular weight is 278 g/mol. The maximum atomic E-state index is 12.6. The summed E-state index contributed by atoms with van der Waals surface area (Å²) in [6.45, 7) is 0. The lowest BCUT2D eigenvalue weighted by molar-refractivity contribution is -0.143. The van der Waals surface area contributed by atoms with Gasteiger partial charge in [0.1, 0.15) is 0 Å². The first-order valence-electron chi connectivity index (χ1n) is 5.32. The van der Waals surface area contributed by atoms with Gasteiger partial charge < -0.3 is 0 Å². The molecule has 0 atom stereocenters. The van der Waals surface area contributed by atoms with Crippen LogP contribution in [0.25, 0.3) is 0 Å². The second kappa shape index (κ2) is 4.43. The molecule has 0 spiro atoms. The number of rotatable bonds is 1. The van der Waals surface area contributed by atoms with Crippen molar-refractivity contribution in [3.63, 3.8) is 0 Å². The van der Waals surface area contributed by atoms with Crippen LogP contribution in [0.4, 0.5) is 26.3 Å². The van der Waals surface area contributed by atoms with Crippen LogP contribution in [0.15, 0.2) is 42.5 Å². The van der Waals surface area contributed by atoms with Crippen LogP contribution in [0.1, 0.15) is 22.6 Å². The summed E-state index contributed by atoms with van der Waals surface area (Å²) in [5.41, 5.74) is -2.59. The molecule has 1 aromatic rings. The van der Waals surface area contributed by atoms with Crippen molar-refractivity contribution in [3.05, 3.63) is 59.2 Å². The van der Waals surface area contributed by atoms with E-state index in [-0.39, 0.29) is 11.6 Å². The molecule has 0 saturated carbocycles. The van der Waals surface area contributed by atoms with Crippen molar-refractivity contribution in [2.75, 3.05) is 0 Å². The third kappa shape index (κ3) is 3.00. The molecule has 0 heterocycles. The summed E-state index contributed by atoms with van der Waals surface area (Å²) in [5.74, 6) is -0.552. The molecule has 0 saturated heterocycles. The summed E-state index contributed by atoms with van der Waals surface area (Å²) >= 11 is 0. The van der Waals surface area contributed by atoms with E-state index in [1.54, 1.807) is 12.2 Å². The second-order valence-electron chi connectivity index (χ2n) is 4.13. The molecule has 0 N–H and O–H groups in total. The quantitative estimate of drug-likeness (QED) is 0.639. The van der Waals surface area contributed by atoms with Gasteiger partial charge in [0.15, 0.2) is 0 Å². The van der Waals surface area contributed by atoms with Gasteiger partial charge in [-0.05, 0) is 23.8 Å². The van der Waals surface area contributed by atoms with Gasteiger partial charge in [-0.3, -0.25) is 0 Å². The van der Waals surface area contributed by atoms with Gasteiger partial charge in [-0.1, -0.05) is 24.3 Å². The van der Waals surface area contributed by atoms with Gasteiger partial charge in [0.2, 0.25) is 0 Å². The van der Waals surface area contributed by atoms with Crippen LogP contribution in [0, 0.1) is 0 Å². The van der Waals surface area contributed by atoms with Crippen LogP contribution in [0.2, 0.25) is 0 Å². The molecule has 1 aromatic carbocycles. The van der Waals surface area contributed by atoms with Gasteiger partial charge in [-0.2, -0.15) is 26.3 Å². The molecule has 0 amide bonds. The Morgan fingerprint density at radius 3 is 1.47 bits per heavy atom. The van der Waals surface area contributed by atoms with Crippen LogP contribution in [0.5, 0.6) is 0 Å². The number of allylic oxidation sites excluding steroid dienone is 4. The van der Waals surface area contributed by atoms with E-state index in [1.807, 2.05) is 0 Å². The number of hydrogen-bond donors (Lipinski definition) is 0. The minimum Gasteiger partial charge on any atom is -0.166 e. The summed E-state index contributed by atoms with van der Waals surface area (Å²) in [7, 11) is 0. The standard InChI is InChI=1S/C13H8F6/c14-12(15,16)10-5-9(8-3-1-2-4-8)6-11(7-10)13(17,18)19/h1-8H. The molecule has 102 valence electrons. The van der Waals surface area contributed by atoms with Crippen molar-refractivity contribution < 1.29 is 26.3 Å². The molecule has 1 aliphatic carbocycles. The minimum atomic E-state index is -4.80. The first-order valence-corrected chi connectivity index (χ1v) is 5.32. The first kappa shape index (κ1) is 13.7. The highest BCUT2D eigenvalue weighted by Crippen LogP contribution is 2.38. The molecule has 0 aromatic heterocycles. The summed E-state index contributed by atoms with van der Waals surface area (Å²) < 4.78 is 75.7. The van der Waals surface area contributed by atoms with Crippen molar-refractivity contribution in [1.29, 1.82) is 0 Å². The monoisotopic (exact) mass is 278 g/mol. The second-order valence-corrected chi connectivity index (χ2v) is 4.13. The van der Waals surface area contributed by atoms with Crippen LogP contribution in [0.3, 0.4) is 0 Å². The summed E-state index contributed by atoms with van der Waals surface area (Å²) in [4.78, 5) is 0. The van der Waals surface area contributed by atoms with Crippen LogP contribution >= 0.6 is 0 Å². The van der Waals surface area contributed by atoms with E-state index < -0.39 is 29.4 Å². The zero-order chi connectivity index (χ0) is 14.3. The molecule has 2 rings (SSSR count). The Balaban J connectivity index is 2.55. The van der Waals surface area contributed by atoms with Crippen molar-refractivity contribution in [3.8, 4) is 0 Å². The molecule has 0 aliphatic heterocycles. The van der Waals surface area contributed by atoms with E-state index in [9.17, 15) is 26.3 Å². The third-order valence-electron chi connectivity index (χ3n) is 2.74. The van der Waals surface area contributed by atoms with Gasteiger partial charge in [-0.25, -0.2) is 0 Å². The predicted octanol–water partition coefficient (Wildman–Crippen LogP) is 4.93. The Kier molecular flexibility index (Phi) is 3.20. The molecule has 19 heavy (non-hydrogen) atoms. The first-order chi connectivity index (χ1) is 8.68. The summed E-state index contributed by atoms with van der Waals surface area (Å²) in [5, 5.41) is 0. The predicted molar refractivity (Wildman–Crippen MR) is 57.5 cm³/mol. The molecule has 0 nitrogen and oxygen atoms in total. The van der Waals surface area contributed by atoms with E-state index in [1.165, 1.54) is 12.2 Å². The van der Waals surface area contributed by atoms with E-state index in [2.05, 4.69) is 0 Å². The SMILES string of the molecule is FC(F)(F)c1cc(C2C=CC=C2)cc(C(F)(F)F)c1. The van der Waals surface area contributed by atoms with Crippen LogP contribution in [-0.2, 0) is 12.4 Å². The van der Waals surface area contributed by atoms with Crippen LogP contribution in [-0.4, -0.2) is 0 Å². The maximum Gasteiger partial charge on any atom is 0.416 e. The molecule has 1 aliphatic rings. The van der Waals surface area contributed by atoms with Gasteiger partial charge >= 0.3 is 12.4 Å². The fraction of sp³-hybridized carbons (Fsp3) is 0.231. The molecule has 0 fully saturated rings. The van der Waals surface area contributed by atoms with E-state index in [4.69, 9.17) is 0 Å². The molecule has 0 radical (unpaired) electrons. The Labute approximate surface area is 105 Å². The van der Waals surface area contributed by atoms with Crippen molar-refractivity contribution in [2.24, 2.45) is 0 Å². The summed E-state index contributed by atoms with van der Waals surface area (Å²) in [6.07, 6.45) is -3.37. The molecular formula is C13H8F6. The highest BCUT2D eigenvalue weighted by molar-refractivity contribution is 5.41. The average Bonchev–Trinajstić information content (AvgIpc) is 2.79. The minimum absolute atomic E-state index is 0.0212. The van der Waals surface area contributed by atoms with Gasteiger partial charge in [0.25, 0.3) is 0 Å².